The van der Waals surface area contributed by atoms with Gasteiger partial charge in [0.15, 0.2) is 5.69 Å². The molecular formula is C20H17N3O2S. The van der Waals surface area contributed by atoms with Crippen LogP contribution in [0.4, 0.5) is 5.69 Å². The molecule has 0 fully saturated rings. The summed E-state index contributed by atoms with van der Waals surface area (Å²) >= 11 is 1.68. The number of nitrogens with one attached hydrogen (secondary N) is 1. The highest BCUT2D eigenvalue weighted by atomic mass is 32.1. The summed E-state index contributed by atoms with van der Waals surface area (Å²) in [6, 6.07) is 15.4. The maximum atomic E-state index is 12.5. The summed E-state index contributed by atoms with van der Waals surface area (Å²) in [7, 11) is 1.62. The van der Waals surface area contributed by atoms with Crippen LogP contribution < -0.4 is 10.1 Å². The first-order valence-corrected chi connectivity index (χ1v) is 9.01. The van der Waals surface area contributed by atoms with Crippen LogP contribution in [0.5, 0.6) is 5.75 Å². The standard InChI is InChI=1S/C20H17N3O2S/c1-13-3-5-18(25-2)17(11-13)23-9-7-16(22-23)20(24)21-15-4-6-19-14(12-15)8-10-26-19/h3-12H,1-2H3,(H,21,24). The van der Waals surface area contributed by atoms with E-state index < -0.39 is 0 Å². The highest BCUT2D eigenvalue weighted by molar-refractivity contribution is 7.17. The second-order valence-electron chi connectivity index (χ2n) is 5.95. The largest absolute Gasteiger partial charge is 0.494 e. The van der Waals surface area contributed by atoms with Crippen molar-refractivity contribution in [1.82, 2.24) is 9.78 Å². The third kappa shape index (κ3) is 3.07. The van der Waals surface area contributed by atoms with Gasteiger partial charge in [-0.3, -0.25) is 4.79 Å². The third-order valence-electron chi connectivity index (χ3n) is 4.11. The Morgan fingerprint density at radius 2 is 2.04 bits per heavy atom. The fourth-order valence-corrected chi connectivity index (χ4v) is 3.57. The Balaban J connectivity index is 1.59. The fourth-order valence-electron chi connectivity index (χ4n) is 2.80. The molecule has 0 spiro atoms. The molecule has 2 heterocycles. The number of rotatable bonds is 4. The van der Waals surface area contributed by atoms with Crippen LogP contribution in [0, 0.1) is 6.92 Å². The molecule has 130 valence electrons. The van der Waals surface area contributed by atoms with Crippen LogP contribution in [0.15, 0.2) is 60.1 Å². The van der Waals surface area contributed by atoms with E-state index in [0.29, 0.717) is 11.4 Å². The lowest BCUT2D eigenvalue weighted by molar-refractivity contribution is 0.102. The Morgan fingerprint density at radius 3 is 2.88 bits per heavy atom. The van der Waals surface area contributed by atoms with E-state index in [-0.39, 0.29) is 5.91 Å². The molecule has 0 aliphatic heterocycles. The van der Waals surface area contributed by atoms with Gasteiger partial charge in [0.1, 0.15) is 11.4 Å². The molecule has 0 radical (unpaired) electrons. The average Bonchev–Trinajstić information content (AvgIpc) is 3.30. The molecule has 0 bridgehead atoms. The molecule has 2 aromatic carbocycles. The highest BCUT2D eigenvalue weighted by Crippen LogP contribution is 2.25. The number of thiophene rings is 1. The number of fused-ring (bicyclic) bond motifs is 1. The summed E-state index contributed by atoms with van der Waals surface area (Å²) in [5, 5.41) is 10.5. The van der Waals surface area contributed by atoms with Gasteiger partial charge in [-0.1, -0.05) is 6.07 Å². The van der Waals surface area contributed by atoms with Gasteiger partial charge in [0.25, 0.3) is 5.91 Å². The zero-order valence-electron chi connectivity index (χ0n) is 14.4. The molecule has 0 unspecified atom stereocenters. The molecule has 0 atom stereocenters. The van der Waals surface area contributed by atoms with Gasteiger partial charge in [0, 0.05) is 16.6 Å². The van der Waals surface area contributed by atoms with Crippen molar-refractivity contribution in [3.8, 4) is 11.4 Å². The first-order chi connectivity index (χ1) is 12.6. The van der Waals surface area contributed by atoms with E-state index in [9.17, 15) is 4.79 Å². The smallest absolute Gasteiger partial charge is 0.276 e. The van der Waals surface area contributed by atoms with E-state index in [4.69, 9.17) is 4.74 Å². The maximum Gasteiger partial charge on any atom is 0.276 e. The van der Waals surface area contributed by atoms with Crippen molar-refractivity contribution < 1.29 is 9.53 Å². The zero-order chi connectivity index (χ0) is 18.1. The molecule has 4 rings (SSSR count). The Hall–Kier alpha value is -3.12. The number of carbonyl (C=O) groups is 1. The number of aromatic nitrogens is 2. The van der Waals surface area contributed by atoms with Crippen LogP contribution in [0.1, 0.15) is 16.1 Å². The van der Waals surface area contributed by atoms with Crippen LogP contribution in [0.3, 0.4) is 0 Å². The topological polar surface area (TPSA) is 56.1 Å². The van der Waals surface area contributed by atoms with Gasteiger partial charge in [-0.2, -0.15) is 5.10 Å². The van der Waals surface area contributed by atoms with Gasteiger partial charge >= 0.3 is 0 Å². The van der Waals surface area contributed by atoms with Crippen LogP contribution >= 0.6 is 11.3 Å². The molecular weight excluding hydrogens is 346 g/mol. The van der Waals surface area contributed by atoms with E-state index in [0.717, 1.165) is 22.3 Å². The highest BCUT2D eigenvalue weighted by Gasteiger charge is 2.13. The van der Waals surface area contributed by atoms with Gasteiger partial charge in [-0.15, -0.1) is 11.3 Å². The second kappa shape index (κ2) is 6.65. The number of hydrogen-bond acceptors (Lipinski definition) is 4. The van der Waals surface area contributed by atoms with Crippen molar-refractivity contribution in [2.45, 2.75) is 6.92 Å². The summed E-state index contributed by atoms with van der Waals surface area (Å²) < 4.78 is 8.24. The zero-order valence-corrected chi connectivity index (χ0v) is 15.2. The van der Waals surface area contributed by atoms with E-state index >= 15 is 0 Å². The summed E-state index contributed by atoms with van der Waals surface area (Å²) in [5.41, 5.74) is 2.99. The molecule has 2 aromatic heterocycles. The Labute approximate surface area is 154 Å². The van der Waals surface area contributed by atoms with Crippen molar-refractivity contribution in [3.05, 3.63) is 71.4 Å². The molecule has 0 saturated heterocycles. The lowest BCUT2D eigenvalue weighted by Crippen LogP contribution is -2.13. The number of methoxy groups -OCH3 is 1. The van der Waals surface area contributed by atoms with E-state index in [1.165, 1.54) is 4.70 Å². The van der Waals surface area contributed by atoms with Crippen molar-refractivity contribution in [1.29, 1.82) is 0 Å². The number of aryl methyl sites for hydroxylation is 1. The lowest BCUT2D eigenvalue weighted by atomic mass is 10.2. The second-order valence-corrected chi connectivity index (χ2v) is 6.90. The van der Waals surface area contributed by atoms with Crippen molar-refractivity contribution in [2.24, 2.45) is 0 Å². The predicted molar refractivity (Wildman–Crippen MR) is 105 cm³/mol. The molecule has 4 aromatic rings. The minimum Gasteiger partial charge on any atom is -0.494 e. The number of anilines is 1. The number of benzene rings is 2. The maximum absolute atomic E-state index is 12.5. The Morgan fingerprint density at radius 1 is 1.15 bits per heavy atom. The number of carbonyl (C=O) groups excluding carboxylic acids is 1. The molecule has 6 heteroatoms. The summed E-state index contributed by atoms with van der Waals surface area (Å²) in [6.45, 7) is 2.00. The Bertz CT molecular complexity index is 1100. The van der Waals surface area contributed by atoms with Crippen LogP contribution in [-0.4, -0.2) is 22.8 Å². The van der Waals surface area contributed by atoms with Gasteiger partial charge in [0.2, 0.25) is 0 Å². The van der Waals surface area contributed by atoms with Gasteiger partial charge in [-0.05, 0) is 65.7 Å². The normalized spacial score (nSPS) is 10.8. The summed E-state index contributed by atoms with van der Waals surface area (Å²) in [4.78, 5) is 12.5. The van der Waals surface area contributed by atoms with Gasteiger partial charge < -0.3 is 10.1 Å². The third-order valence-corrected chi connectivity index (χ3v) is 5.01. The molecule has 26 heavy (non-hydrogen) atoms. The number of ether oxygens (including phenoxy) is 1. The van der Waals surface area contributed by atoms with Crippen molar-refractivity contribution >= 4 is 33.0 Å². The molecule has 0 aliphatic rings. The summed E-state index contributed by atoms with van der Waals surface area (Å²) in [5.74, 6) is 0.457. The Kier molecular flexibility index (Phi) is 4.18. The van der Waals surface area contributed by atoms with Gasteiger partial charge in [-0.25, -0.2) is 4.68 Å². The monoisotopic (exact) mass is 363 g/mol. The number of nitrogens with zero attached hydrogens (tertiary/aromatic N) is 2. The molecule has 1 N–H and O–H groups in total. The van der Waals surface area contributed by atoms with Crippen molar-refractivity contribution in [3.63, 3.8) is 0 Å². The SMILES string of the molecule is COc1ccc(C)cc1-n1ccc(C(=O)Nc2ccc3sccc3c2)n1. The molecule has 0 aliphatic carbocycles. The van der Waals surface area contributed by atoms with E-state index in [1.807, 2.05) is 54.8 Å². The quantitative estimate of drug-likeness (QED) is 0.574. The number of hydrogen-bond donors (Lipinski definition) is 1. The van der Waals surface area contributed by atoms with Crippen LogP contribution in [0.25, 0.3) is 15.8 Å². The molecule has 5 nitrogen and oxygen atoms in total. The first-order valence-electron chi connectivity index (χ1n) is 8.13. The minimum absolute atomic E-state index is 0.245. The first kappa shape index (κ1) is 16.4. The average molecular weight is 363 g/mol. The van der Waals surface area contributed by atoms with E-state index in [2.05, 4.69) is 10.4 Å². The predicted octanol–water partition coefficient (Wildman–Crippen LogP) is 4.66. The van der Waals surface area contributed by atoms with Gasteiger partial charge in [0.05, 0.1) is 7.11 Å². The fraction of sp³-hybridized carbons (Fsp3) is 0.100. The summed E-state index contributed by atoms with van der Waals surface area (Å²) in [6.07, 6.45) is 1.76. The van der Waals surface area contributed by atoms with E-state index in [1.54, 1.807) is 35.4 Å². The number of amides is 1. The van der Waals surface area contributed by atoms with Crippen LogP contribution in [-0.2, 0) is 0 Å². The molecule has 0 saturated carbocycles. The lowest BCUT2D eigenvalue weighted by Gasteiger charge is -2.09. The van der Waals surface area contributed by atoms with Crippen molar-refractivity contribution in [2.75, 3.05) is 12.4 Å². The molecule has 1 amide bonds. The van der Waals surface area contributed by atoms with Crippen LogP contribution in [0.2, 0.25) is 0 Å². The minimum atomic E-state index is -0.245.